The molecule has 4 heterocycles. The predicted octanol–water partition coefficient (Wildman–Crippen LogP) is 1.07. The van der Waals surface area contributed by atoms with Crippen LogP contribution in [0.15, 0.2) is 6.07 Å². The van der Waals surface area contributed by atoms with Crippen molar-refractivity contribution in [2.45, 2.75) is 46.1 Å². The molecule has 0 bridgehead atoms. The number of aryl methyl sites for hydroxylation is 3. The summed E-state index contributed by atoms with van der Waals surface area (Å²) in [5.74, 6) is 2.45. The van der Waals surface area contributed by atoms with E-state index >= 15 is 0 Å². The first-order valence-corrected chi connectivity index (χ1v) is 8.39. The molecule has 1 amide bonds. The first kappa shape index (κ1) is 15.7. The second kappa shape index (κ2) is 5.91. The van der Waals surface area contributed by atoms with Gasteiger partial charge in [-0.05, 0) is 39.7 Å². The molecule has 0 aromatic carbocycles. The van der Waals surface area contributed by atoms with Gasteiger partial charge in [0.2, 0.25) is 5.91 Å². The van der Waals surface area contributed by atoms with E-state index in [1.807, 2.05) is 31.7 Å². The number of hydrogen-bond acceptors (Lipinski definition) is 6. The number of carbonyl (C=O) groups is 1. The summed E-state index contributed by atoms with van der Waals surface area (Å²) >= 11 is 0. The van der Waals surface area contributed by atoms with E-state index in [9.17, 15) is 4.79 Å². The van der Waals surface area contributed by atoms with E-state index in [4.69, 9.17) is 0 Å². The second-order valence-corrected chi connectivity index (χ2v) is 6.48. The van der Waals surface area contributed by atoms with E-state index in [1.54, 1.807) is 4.52 Å². The van der Waals surface area contributed by atoms with Gasteiger partial charge in [-0.1, -0.05) is 0 Å². The van der Waals surface area contributed by atoms with E-state index in [-0.39, 0.29) is 18.4 Å². The zero-order valence-electron chi connectivity index (χ0n) is 14.5. The van der Waals surface area contributed by atoms with Gasteiger partial charge < -0.3 is 4.90 Å². The van der Waals surface area contributed by atoms with Crippen molar-refractivity contribution in [2.75, 3.05) is 6.54 Å². The zero-order chi connectivity index (χ0) is 17.6. The van der Waals surface area contributed by atoms with Crippen molar-refractivity contribution in [1.82, 2.24) is 39.7 Å². The topological polar surface area (TPSA) is 105 Å². The normalized spacial score (nSPS) is 17.6. The largest absolute Gasteiger partial charge is 0.332 e. The monoisotopic (exact) mass is 340 g/mol. The van der Waals surface area contributed by atoms with Crippen molar-refractivity contribution >= 4 is 11.7 Å². The zero-order valence-corrected chi connectivity index (χ0v) is 14.5. The SMILES string of the molecule is Cc1cc(C)n2nc(CC(=O)N3CCCC3c3n[nH]c(C)n3)nc2n1. The fraction of sp³-hybridized carbons (Fsp3) is 0.500. The fourth-order valence-electron chi connectivity index (χ4n) is 3.36. The Labute approximate surface area is 144 Å². The average molecular weight is 340 g/mol. The third-order valence-electron chi connectivity index (χ3n) is 4.46. The number of H-pyrrole nitrogens is 1. The summed E-state index contributed by atoms with van der Waals surface area (Å²) in [6.07, 6.45) is 1.98. The van der Waals surface area contributed by atoms with Gasteiger partial charge in [-0.3, -0.25) is 9.89 Å². The Morgan fingerprint density at radius 3 is 2.88 bits per heavy atom. The highest BCUT2D eigenvalue weighted by atomic mass is 16.2. The van der Waals surface area contributed by atoms with E-state index in [1.165, 1.54) is 0 Å². The molecular formula is C16H20N8O. The van der Waals surface area contributed by atoms with Crippen LogP contribution in [0.2, 0.25) is 0 Å². The predicted molar refractivity (Wildman–Crippen MR) is 88.8 cm³/mol. The Balaban J connectivity index is 1.56. The van der Waals surface area contributed by atoms with E-state index in [0.717, 1.165) is 30.1 Å². The Morgan fingerprint density at radius 1 is 1.28 bits per heavy atom. The fourth-order valence-corrected chi connectivity index (χ4v) is 3.36. The van der Waals surface area contributed by atoms with Crippen LogP contribution in [0.5, 0.6) is 0 Å². The maximum Gasteiger partial charge on any atom is 0.252 e. The van der Waals surface area contributed by atoms with Crippen LogP contribution in [-0.4, -0.2) is 52.1 Å². The summed E-state index contributed by atoms with van der Waals surface area (Å²) in [4.78, 5) is 27.8. The van der Waals surface area contributed by atoms with Gasteiger partial charge in [-0.2, -0.15) is 10.1 Å². The molecule has 1 aliphatic heterocycles. The number of likely N-dealkylation sites (tertiary alicyclic amines) is 1. The lowest BCUT2D eigenvalue weighted by molar-refractivity contribution is -0.131. The van der Waals surface area contributed by atoms with Gasteiger partial charge in [-0.25, -0.2) is 14.5 Å². The molecule has 25 heavy (non-hydrogen) atoms. The van der Waals surface area contributed by atoms with Gasteiger partial charge in [0.1, 0.15) is 5.82 Å². The third kappa shape index (κ3) is 2.86. The van der Waals surface area contributed by atoms with Crippen LogP contribution in [0.4, 0.5) is 0 Å². The molecule has 0 radical (unpaired) electrons. The molecule has 3 aromatic heterocycles. The number of amides is 1. The summed E-state index contributed by atoms with van der Waals surface area (Å²) in [6.45, 7) is 6.43. The van der Waals surface area contributed by atoms with Gasteiger partial charge in [-0.15, -0.1) is 5.10 Å². The lowest BCUT2D eigenvalue weighted by Crippen LogP contribution is -2.32. The van der Waals surface area contributed by atoms with Crippen molar-refractivity contribution in [2.24, 2.45) is 0 Å². The summed E-state index contributed by atoms with van der Waals surface area (Å²) in [5, 5.41) is 11.5. The molecule has 1 unspecified atom stereocenters. The Hall–Kier alpha value is -2.84. The number of hydrogen-bond donors (Lipinski definition) is 1. The van der Waals surface area contributed by atoms with Crippen LogP contribution in [0, 0.1) is 20.8 Å². The van der Waals surface area contributed by atoms with E-state index in [0.29, 0.717) is 24.0 Å². The van der Waals surface area contributed by atoms with Crippen LogP contribution in [0.1, 0.15) is 47.7 Å². The summed E-state index contributed by atoms with van der Waals surface area (Å²) in [6, 6.07) is 1.87. The van der Waals surface area contributed by atoms with Crippen LogP contribution in [-0.2, 0) is 11.2 Å². The first-order valence-electron chi connectivity index (χ1n) is 8.39. The molecule has 1 fully saturated rings. The molecule has 0 aliphatic carbocycles. The van der Waals surface area contributed by atoms with Crippen LogP contribution in [0.3, 0.4) is 0 Å². The van der Waals surface area contributed by atoms with Crippen molar-refractivity contribution in [3.8, 4) is 0 Å². The number of nitrogens with zero attached hydrogens (tertiary/aromatic N) is 7. The summed E-state index contributed by atoms with van der Waals surface area (Å²) in [5.41, 5.74) is 1.83. The summed E-state index contributed by atoms with van der Waals surface area (Å²) < 4.78 is 1.68. The molecule has 1 atom stereocenters. The highest BCUT2D eigenvalue weighted by Crippen LogP contribution is 2.30. The molecule has 130 valence electrons. The van der Waals surface area contributed by atoms with E-state index in [2.05, 4.69) is 30.2 Å². The highest BCUT2D eigenvalue weighted by molar-refractivity contribution is 5.78. The Bertz CT molecular complexity index is 943. The molecule has 1 N–H and O–H groups in total. The first-order chi connectivity index (χ1) is 12.0. The van der Waals surface area contributed by atoms with E-state index < -0.39 is 0 Å². The maximum absolute atomic E-state index is 12.8. The molecule has 1 saturated heterocycles. The smallest absolute Gasteiger partial charge is 0.252 e. The van der Waals surface area contributed by atoms with Crippen LogP contribution < -0.4 is 0 Å². The second-order valence-electron chi connectivity index (χ2n) is 6.48. The molecule has 4 rings (SSSR count). The molecule has 9 heteroatoms. The quantitative estimate of drug-likeness (QED) is 0.765. The van der Waals surface area contributed by atoms with Gasteiger partial charge in [0.15, 0.2) is 11.6 Å². The Kier molecular flexibility index (Phi) is 3.70. The standard InChI is InChI=1S/C16H20N8O/c1-9-7-10(2)24-16(17-9)19-13(22-24)8-14(25)23-6-4-5-12(23)15-18-11(3)20-21-15/h7,12H,4-6,8H2,1-3H3,(H,18,20,21). The Morgan fingerprint density at radius 2 is 2.12 bits per heavy atom. The van der Waals surface area contributed by atoms with Gasteiger partial charge in [0, 0.05) is 17.9 Å². The minimum Gasteiger partial charge on any atom is -0.332 e. The average Bonchev–Trinajstić information content (AvgIpc) is 3.25. The number of rotatable bonds is 3. The molecule has 1 aliphatic rings. The minimum absolute atomic E-state index is 0.00441. The lowest BCUT2D eigenvalue weighted by Gasteiger charge is -2.21. The summed E-state index contributed by atoms with van der Waals surface area (Å²) in [7, 11) is 0. The van der Waals surface area contributed by atoms with Crippen LogP contribution in [0.25, 0.3) is 5.78 Å². The maximum atomic E-state index is 12.8. The number of aromatic amines is 1. The van der Waals surface area contributed by atoms with Gasteiger partial charge >= 0.3 is 0 Å². The van der Waals surface area contributed by atoms with Crippen molar-refractivity contribution in [3.05, 3.63) is 34.9 Å². The van der Waals surface area contributed by atoms with Crippen molar-refractivity contribution in [1.29, 1.82) is 0 Å². The molecule has 0 spiro atoms. The molecule has 0 saturated carbocycles. The molecular weight excluding hydrogens is 320 g/mol. The number of aromatic nitrogens is 7. The van der Waals surface area contributed by atoms with Crippen molar-refractivity contribution in [3.63, 3.8) is 0 Å². The highest BCUT2D eigenvalue weighted by Gasteiger charge is 2.33. The third-order valence-corrected chi connectivity index (χ3v) is 4.46. The lowest BCUT2D eigenvalue weighted by atomic mass is 10.2. The number of nitrogens with one attached hydrogen (secondary N) is 1. The van der Waals surface area contributed by atoms with Crippen LogP contribution >= 0.6 is 0 Å². The number of carbonyl (C=O) groups excluding carboxylic acids is 1. The molecule has 9 nitrogen and oxygen atoms in total. The molecule has 3 aromatic rings. The number of fused-ring (bicyclic) bond motifs is 1. The van der Waals surface area contributed by atoms with Gasteiger partial charge in [0.25, 0.3) is 5.78 Å². The van der Waals surface area contributed by atoms with Crippen molar-refractivity contribution < 1.29 is 4.79 Å². The minimum atomic E-state index is -0.0726. The van der Waals surface area contributed by atoms with Gasteiger partial charge in [0.05, 0.1) is 12.5 Å².